The average molecular weight is 492 g/mol. The maximum absolute atomic E-state index is 13.6. The molecule has 0 saturated heterocycles. The molecule has 4 heterocycles. The van der Waals surface area contributed by atoms with E-state index in [0.29, 0.717) is 40.6 Å². The first kappa shape index (κ1) is 21.4. The topological polar surface area (TPSA) is 81.1 Å². The summed E-state index contributed by atoms with van der Waals surface area (Å²) >= 11 is 12.6. The maximum Gasteiger partial charge on any atom is 0.261 e. The van der Waals surface area contributed by atoms with Gasteiger partial charge in [0.25, 0.3) is 5.91 Å². The lowest BCUT2D eigenvalue weighted by Gasteiger charge is -2.23. The van der Waals surface area contributed by atoms with Crippen LogP contribution in [-0.2, 0) is 24.5 Å². The second kappa shape index (κ2) is 8.58. The van der Waals surface area contributed by atoms with Crippen LogP contribution in [0.25, 0.3) is 10.9 Å². The Kier molecular flexibility index (Phi) is 5.40. The van der Waals surface area contributed by atoms with Gasteiger partial charge in [0.2, 0.25) is 0 Å². The molecule has 6 rings (SSSR count). The summed E-state index contributed by atoms with van der Waals surface area (Å²) in [4.78, 5) is 32.7. The van der Waals surface area contributed by atoms with E-state index in [-0.39, 0.29) is 12.5 Å². The smallest absolute Gasteiger partial charge is 0.261 e. The van der Waals surface area contributed by atoms with Crippen molar-refractivity contribution in [3.63, 3.8) is 0 Å². The van der Waals surface area contributed by atoms with E-state index in [1.807, 2.05) is 18.2 Å². The van der Waals surface area contributed by atoms with Crippen molar-refractivity contribution in [3.8, 4) is 0 Å². The lowest BCUT2D eigenvalue weighted by molar-refractivity contribution is 0.0984. The number of anilines is 1. The van der Waals surface area contributed by atoms with E-state index < -0.39 is 0 Å². The lowest BCUT2D eigenvalue weighted by atomic mass is 10.0. The minimum absolute atomic E-state index is 0.236. The van der Waals surface area contributed by atoms with Crippen molar-refractivity contribution in [2.24, 2.45) is 0 Å². The summed E-state index contributed by atoms with van der Waals surface area (Å²) in [6.07, 6.45) is 8.54. The predicted molar refractivity (Wildman–Crippen MR) is 129 cm³/mol. The van der Waals surface area contributed by atoms with Crippen molar-refractivity contribution in [2.45, 2.75) is 38.5 Å². The Balaban J connectivity index is 1.36. The largest absolute Gasteiger partial charge is 0.372 e. The van der Waals surface area contributed by atoms with Crippen LogP contribution in [0.2, 0.25) is 10.2 Å². The number of pyridine rings is 2. The van der Waals surface area contributed by atoms with Gasteiger partial charge in [-0.1, -0.05) is 35.3 Å². The molecule has 170 valence electrons. The summed E-state index contributed by atoms with van der Waals surface area (Å²) in [7, 11) is 0. The highest BCUT2D eigenvalue weighted by molar-refractivity contribution is 6.31. The SMILES string of the molecule is O=C(c1cnc(C2CC2)nc1)N(Cc1ccc2c3c(c(Cl)nc2c1)COC3)c1cncc(Cl)c1. The number of carbonyl (C=O) groups excluding carboxylic acids is 1. The number of halogens is 2. The monoisotopic (exact) mass is 491 g/mol. The Morgan fingerprint density at radius 2 is 1.82 bits per heavy atom. The number of ether oxygens (including phenoxy) is 1. The second-order valence-corrected chi connectivity index (χ2v) is 9.36. The number of benzene rings is 1. The van der Waals surface area contributed by atoms with Gasteiger partial charge in [-0.2, -0.15) is 0 Å². The fraction of sp³-hybridized carbons (Fsp3) is 0.240. The molecular weight excluding hydrogens is 473 g/mol. The number of aromatic nitrogens is 4. The van der Waals surface area contributed by atoms with Crippen molar-refractivity contribution in [1.29, 1.82) is 0 Å². The van der Waals surface area contributed by atoms with Gasteiger partial charge in [0, 0.05) is 35.5 Å². The molecule has 1 saturated carbocycles. The summed E-state index contributed by atoms with van der Waals surface area (Å²) in [5, 5.41) is 1.90. The third kappa shape index (κ3) is 4.00. The number of hydrogen-bond acceptors (Lipinski definition) is 6. The molecule has 3 aromatic heterocycles. The minimum atomic E-state index is -0.236. The number of hydrogen-bond donors (Lipinski definition) is 0. The van der Waals surface area contributed by atoms with Gasteiger partial charge >= 0.3 is 0 Å². The standard InChI is InChI=1S/C25H19Cl2N5O2/c26-17-6-18(10-28-9-17)32(25(33)16-7-29-24(30-8-16)15-2-3-15)11-14-1-4-19-20-12-34-13-21(20)23(27)31-22(19)5-14/h1,4-10,15H,2-3,11-13H2. The number of nitrogens with zero attached hydrogens (tertiary/aromatic N) is 5. The van der Waals surface area contributed by atoms with Gasteiger partial charge in [-0.25, -0.2) is 15.0 Å². The van der Waals surface area contributed by atoms with Crippen LogP contribution in [-0.4, -0.2) is 25.8 Å². The van der Waals surface area contributed by atoms with Gasteiger partial charge < -0.3 is 9.64 Å². The van der Waals surface area contributed by atoms with E-state index in [4.69, 9.17) is 27.9 Å². The molecular formula is C25H19Cl2N5O2. The van der Waals surface area contributed by atoms with Gasteiger partial charge in [-0.15, -0.1) is 0 Å². The quantitative estimate of drug-likeness (QED) is 0.343. The zero-order chi connectivity index (χ0) is 23.2. The Hall–Kier alpha value is -3.13. The van der Waals surface area contributed by atoms with E-state index in [2.05, 4.69) is 19.9 Å². The summed E-state index contributed by atoms with van der Waals surface area (Å²) in [6, 6.07) is 7.66. The van der Waals surface area contributed by atoms with Gasteiger partial charge in [-0.05, 0) is 36.1 Å². The average Bonchev–Trinajstić information content (AvgIpc) is 3.58. The minimum Gasteiger partial charge on any atom is -0.372 e. The molecule has 1 fully saturated rings. The molecule has 2 aliphatic rings. The van der Waals surface area contributed by atoms with Crippen molar-refractivity contribution in [3.05, 3.63) is 87.3 Å². The predicted octanol–water partition coefficient (Wildman–Crippen LogP) is 5.48. The van der Waals surface area contributed by atoms with Crippen LogP contribution >= 0.6 is 23.2 Å². The molecule has 0 atom stereocenters. The first-order valence-electron chi connectivity index (χ1n) is 11.0. The molecule has 0 spiro atoms. The molecule has 0 N–H and O–H groups in total. The number of fused-ring (bicyclic) bond motifs is 3. The Bertz CT molecular complexity index is 1420. The molecule has 1 amide bonds. The highest BCUT2D eigenvalue weighted by Gasteiger charge is 2.27. The van der Waals surface area contributed by atoms with Crippen LogP contribution in [0.5, 0.6) is 0 Å². The normalized spacial score (nSPS) is 14.9. The Labute approximate surface area is 205 Å². The number of carbonyl (C=O) groups is 1. The van der Waals surface area contributed by atoms with E-state index in [0.717, 1.165) is 46.3 Å². The Morgan fingerprint density at radius 3 is 2.59 bits per heavy atom. The molecule has 1 aromatic carbocycles. The lowest BCUT2D eigenvalue weighted by Crippen LogP contribution is -2.31. The van der Waals surface area contributed by atoms with E-state index in [9.17, 15) is 4.79 Å². The summed E-state index contributed by atoms with van der Waals surface area (Å²) in [5.41, 5.74) is 4.65. The van der Waals surface area contributed by atoms with Crippen molar-refractivity contribution >= 4 is 45.7 Å². The first-order chi connectivity index (χ1) is 16.6. The van der Waals surface area contributed by atoms with Gasteiger partial charge in [0.15, 0.2) is 0 Å². The highest BCUT2D eigenvalue weighted by atomic mass is 35.5. The highest BCUT2D eigenvalue weighted by Crippen LogP contribution is 2.37. The zero-order valence-corrected chi connectivity index (χ0v) is 19.6. The molecule has 0 radical (unpaired) electrons. The summed E-state index contributed by atoms with van der Waals surface area (Å²) in [5.74, 6) is 0.975. The molecule has 1 aliphatic carbocycles. The van der Waals surface area contributed by atoms with Crippen LogP contribution in [0.4, 0.5) is 5.69 Å². The van der Waals surface area contributed by atoms with E-state index in [1.165, 1.54) is 6.20 Å². The molecule has 1 aliphatic heterocycles. The molecule has 0 unspecified atom stereocenters. The third-order valence-corrected chi connectivity index (χ3v) is 6.68. The molecule has 7 nitrogen and oxygen atoms in total. The summed E-state index contributed by atoms with van der Waals surface area (Å²) in [6.45, 7) is 1.28. The third-order valence-electron chi connectivity index (χ3n) is 6.16. The maximum atomic E-state index is 13.6. The van der Waals surface area contributed by atoms with Crippen LogP contribution in [0.15, 0.2) is 49.1 Å². The van der Waals surface area contributed by atoms with Crippen molar-refractivity contribution < 1.29 is 9.53 Å². The van der Waals surface area contributed by atoms with Crippen molar-refractivity contribution in [1.82, 2.24) is 19.9 Å². The Morgan fingerprint density at radius 1 is 1.03 bits per heavy atom. The van der Waals surface area contributed by atoms with Gasteiger partial charge in [0.05, 0.1) is 47.7 Å². The van der Waals surface area contributed by atoms with Crippen LogP contribution in [0.1, 0.15) is 51.6 Å². The molecule has 4 aromatic rings. The van der Waals surface area contributed by atoms with Crippen molar-refractivity contribution in [2.75, 3.05) is 4.90 Å². The number of rotatable bonds is 5. The molecule has 34 heavy (non-hydrogen) atoms. The molecule has 0 bridgehead atoms. The summed E-state index contributed by atoms with van der Waals surface area (Å²) < 4.78 is 5.57. The van der Waals surface area contributed by atoms with Crippen LogP contribution in [0.3, 0.4) is 0 Å². The van der Waals surface area contributed by atoms with Gasteiger partial charge in [0.1, 0.15) is 11.0 Å². The van der Waals surface area contributed by atoms with Gasteiger partial charge in [-0.3, -0.25) is 9.78 Å². The zero-order valence-electron chi connectivity index (χ0n) is 18.0. The first-order valence-corrected chi connectivity index (χ1v) is 11.7. The fourth-order valence-corrected chi connectivity index (χ4v) is 4.65. The van der Waals surface area contributed by atoms with E-state index >= 15 is 0 Å². The van der Waals surface area contributed by atoms with E-state index in [1.54, 1.807) is 29.6 Å². The second-order valence-electron chi connectivity index (χ2n) is 8.56. The molecule has 9 heteroatoms. The van der Waals surface area contributed by atoms with Crippen LogP contribution in [0, 0.1) is 0 Å². The fourth-order valence-electron chi connectivity index (χ4n) is 4.22. The number of amides is 1. The van der Waals surface area contributed by atoms with Crippen LogP contribution < -0.4 is 4.90 Å².